The SMILES string of the molecule is CN(c1ccccc1C(=O)O)S(=O)(=O)c1ccc2c(c1)OCO2. The molecule has 23 heavy (non-hydrogen) atoms. The second-order valence-electron chi connectivity index (χ2n) is 4.81. The number of nitrogens with zero attached hydrogens (tertiary/aromatic N) is 1. The normalized spacial score (nSPS) is 12.9. The van der Waals surface area contributed by atoms with Crippen LogP contribution in [-0.2, 0) is 10.0 Å². The summed E-state index contributed by atoms with van der Waals surface area (Å²) in [6.45, 7) is 0.0382. The molecule has 0 atom stereocenters. The van der Waals surface area contributed by atoms with Gasteiger partial charge in [-0.2, -0.15) is 0 Å². The van der Waals surface area contributed by atoms with Gasteiger partial charge >= 0.3 is 5.97 Å². The van der Waals surface area contributed by atoms with Gasteiger partial charge in [0.15, 0.2) is 11.5 Å². The van der Waals surface area contributed by atoms with Crippen LogP contribution in [-0.4, -0.2) is 33.3 Å². The lowest BCUT2D eigenvalue weighted by Gasteiger charge is -2.21. The number of aromatic carboxylic acids is 1. The lowest BCUT2D eigenvalue weighted by Crippen LogP contribution is -2.28. The Kier molecular flexibility index (Phi) is 3.61. The molecule has 3 rings (SSSR count). The third kappa shape index (κ3) is 2.57. The summed E-state index contributed by atoms with van der Waals surface area (Å²) in [4.78, 5) is 11.3. The Balaban J connectivity index is 2.05. The molecule has 0 fully saturated rings. The van der Waals surface area contributed by atoms with Gasteiger partial charge in [-0.15, -0.1) is 0 Å². The zero-order valence-corrected chi connectivity index (χ0v) is 12.9. The summed E-state index contributed by atoms with van der Waals surface area (Å²) in [5.41, 5.74) is -0.0167. The van der Waals surface area contributed by atoms with Crippen molar-refractivity contribution >= 4 is 21.7 Å². The predicted octanol–water partition coefficient (Wildman–Crippen LogP) is 1.94. The van der Waals surface area contributed by atoms with E-state index in [4.69, 9.17) is 9.47 Å². The van der Waals surface area contributed by atoms with Crippen LogP contribution in [0.1, 0.15) is 10.4 Å². The van der Waals surface area contributed by atoms with E-state index in [-0.39, 0.29) is 22.9 Å². The molecule has 0 spiro atoms. The van der Waals surface area contributed by atoms with E-state index < -0.39 is 16.0 Å². The maximum absolute atomic E-state index is 12.7. The predicted molar refractivity (Wildman–Crippen MR) is 81.6 cm³/mol. The highest BCUT2D eigenvalue weighted by Gasteiger charge is 2.27. The zero-order valence-electron chi connectivity index (χ0n) is 12.1. The molecule has 2 aromatic rings. The number of fused-ring (bicyclic) bond motifs is 1. The average molecular weight is 335 g/mol. The smallest absolute Gasteiger partial charge is 0.337 e. The van der Waals surface area contributed by atoms with Crippen molar-refractivity contribution in [2.75, 3.05) is 18.1 Å². The Morgan fingerprint density at radius 2 is 1.83 bits per heavy atom. The number of rotatable bonds is 4. The Bertz CT molecular complexity index is 877. The highest BCUT2D eigenvalue weighted by Crippen LogP contribution is 2.35. The van der Waals surface area contributed by atoms with E-state index in [1.54, 1.807) is 6.07 Å². The molecule has 0 unspecified atom stereocenters. The van der Waals surface area contributed by atoms with Crippen LogP contribution in [0.25, 0.3) is 0 Å². The number of sulfonamides is 1. The number of benzene rings is 2. The monoisotopic (exact) mass is 335 g/mol. The number of hydrogen-bond acceptors (Lipinski definition) is 5. The fraction of sp³-hybridized carbons (Fsp3) is 0.133. The van der Waals surface area contributed by atoms with Crippen molar-refractivity contribution in [3.05, 3.63) is 48.0 Å². The standard InChI is InChI=1S/C15H13NO6S/c1-16(12-5-3-2-4-11(12)15(17)18)23(19,20)10-6-7-13-14(8-10)22-9-21-13/h2-8H,9H2,1H3,(H,17,18). The number of carboxylic acids is 1. The van der Waals surface area contributed by atoms with Crippen molar-refractivity contribution in [3.8, 4) is 11.5 Å². The van der Waals surface area contributed by atoms with Gasteiger partial charge < -0.3 is 14.6 Å². The van der Waals surface area contributed by atoms with Crippen LogP contribution in [0.2, 0.25) is 0 Å². The van der Waals surface area contributed by atoms with Gasteiger partial charge in [0.05, 0.1) is 16.1 Å². The third-order valence-electron chi connectivity index (χ3n) is 3.48. The largest absolute Gasteiger partial charge is 0.478 e. The van der Waals surface area contributed by atoms with E-state index >= 15 is 0 Å². The number of carboxylic acid groups (broad SMARTS) is 1. The van der Waals surface area contributed by atoms with Crippen molar-refractivity contribution in [2.24, 2.45) is 0 Å². The lowest BCUT2D eigenvalue weighted by molar-refractivity contribution is 0.0698. The molecule has 1 heterocycles. The molecule has 120 valence electrons. The first kappa shape index (κ1) is 15.2. The molecule has 0 bridgehead atoms. The fourth-order valence-corrected chi connectivity index (χ4v) is 3.48. The first-order valence-electron chi connectivity index (χ1n) is 6.62. The number of ether oxygens (including phenoxy) is 2. The highest BCUT2D eigenvalue weighted by molar-refractivity contribution is 7.92. The summed E-state index contributed by atoms with van der Waals surface area (Å²) in [6, 6.07) is 10.2. The minimum absolute atomic E-state index is 0.00978. The van der Waals surface area contributed by atoms with Gasteiger partial charge in [0.25, 0.3) is 10.0 Å². The van der Waals surface area contributed by atoms with Gasteiger partial charge in [-0.25, -0.2) is 13.2 Å². The maximum Gasteiger partial charge on any atom is 0.337 e. The summed E-state index contributed by atoms with van der Waals surface area (Å²) < 4.78 is 36.8. The van der Waals surface area contributed by atoms with Gasteiger partial charge in [0, 0.05) is 13.1 Å². The summed E-state index contributed by atoms with van der Waals surface area (Å²) in [5.74, 6) is -0.392. The van der Waals surface area contributed by atoms with Crippen LogP contribution in [0.15, 0.2) is 47.4 Å². The Labute approximate surface area is 132 Å². The van der Waals surface area contributed by atoms with Gasteiger partial charge in [-0.05, 0) is 24.3 Å². The van der Waals surface area contributed by atoms with Gasteiger partial charge in [0.2, 0.25) is 6.79 Å². The van der Waals surface area contributed by atoms with Crippen molar-refractivity contribution in [3.63, 3.8) is 0 Å². The van der Waals surface area contributed by atoms with Crippen molar-refractivity contribution in [2.45, 2.75) is 4.90 Å². The minimum Gasteiger partial charge on any atom is -0.478 e. The lowest BCUT2D eigenvalue weighted by atomic mass is 10.2. The molecule has 0 amide bonds. The average Bonchev–Trinajstić information content (AvgIpc) is 3.01. The number of anilines is 1. The van der Waals surface area contributed by atoms with Crippen LogP contribution in [0.5, 0.6) is 11.5 Å². The molecular weight excluding hydrogens is 322 g/mol. The Hall–Kier alpha value is -2.74. The molecule has 0 saturated heterocycles. The van der Waals surface area contributed by atoms with Gasteiger partial charge in [0.1, 0.15) is 0 Å². The third-order valence-corrected chi connectivity index (χ3v) is 5.24. The molecule has 1 aliphatic rings. The molecule has 1 N–H and O–H groups in total. The van der Waals surface area contributed by atoms with E-state index in [0.717, 1.165) is 4.31 Å². The van der Waals surface area contributed by atoms with Crippen molar-refractivity contribution < 1.29 is 27.8 Å². The summed E-state index contributed by atoms with van der Waals surface area (Å²) in [5, 5.41) is 9.22. The van der Waals surface area contributed by atoms with E-state index in [1.807, 2.05) is 0 Å². The Morgan fingerprint density at radius 3 is 2.57 bits per heavy atom. The zero-order chi connectivity index (χ0) is 16.6. The van der Waals surface area contributed by atoms with Crippen LogP contribution < -0.4 is 13.8 Å². The minimum atomic E-state index is -3.94. The van der Waals surface area contributed by atoms with Gasteiger partial charge in [-0.1, -0.05) is 12.1 Å². The van der Waals surface area contributed by atoms with E-state index in [9.17, 15) is 18.3 Å². The molecule has 1 aliphatic heterocycles. The fourth-order valence-electron chi connectivity index (χ4n) is 2.25. The van der Waals surface area contributed by atoms with Crippen LogP contribution >= 0.6 is 0 Å². The van der Waals surface area contributed by atoms with Crippen molar-refractivity contribution in [1.29, 1.82) is 0 Å². The molecular formula is C15H13NO6S. The molecule has 0 aliphatic carbocycles. The number of hydrogen-bond donors (Lipinski definition) is 1. The van der Waals surface area contributed by atoms with E-state index in [2.05, 4.69) is 0 Å². The van der Waals surface area contributed by atoms with Crippen LogP contribution in [0.4, 0.5) is 5.69 Å². The van der Waals surface area contributed by atoms with E-state index in [0.29, 0.717) is 11.5 Å². The van der Waals surface area contributed by atoms with Crippen molar-refractivity contribution in [1.82, 2.24) is 0 Å². The molecule has 8 heteroatoms. The maximum atomic E-state index is 12.7. The first-order chi connectivity index (χ1) is 10.9. The first-order valence-corrected chi connectivity index (χ1v) is 8.06. The summed E-state index contributed by atoms with van der Waals surface area (Å²) >= 11 is 0. The quantitative estimate of drug-likeness (QED) is 0.918. The Morgan fingerprint density at radius 1 is 1.13 bits per heavy atom. The second-order valence-corrected chi connectivity index (χ2v) is 6.78. The number of carbonyl (C=O) groups is 1. The molecule has 0 saturated carbocycles. The summed E-state index contributed by atoms with van der Waals surface area (Å²) in [6.07, 6.45) is 0. The topological polar surface area (TPSA) is 93.1 Å². The molecule has 0 aromatic heterocycles. The second kappa shape index (κ2) is 5.47. The molecule has 2 aromatic carbocycles. The highest BCUT2D eigenvalue weighted by atomic mass is 32.2. The molecule has 0 radical (unpaired) electrons. The molecule has 7 nitrogen and oxygen atoms in total. The van der Waals surface area contributed by atoms with Gasteiger partial charge in [-0.3, -0.25) is 4.31 Å². The summed E-state index contributed by atoms with van der Waals surface area (Å²) in [7, 11) is -2.63. The van der Waals surface area contributed by atoms with Crippen LogP contribution in [0, 0.1) is 0 Å². The van der Waals surface area contributed by atoms with E-state index in [1.165, 1.54) is 43.4 Å². The number of para-hydroxylation sites is 1. The van der Waals surface area contributed by atoms with Crippen LogP contribution in [0.3, 0.4) is 0 Å².